The van der Waals surface area contributed by atoms with Crippen LogP contribution in [0.5, 0.6) is 0 Å². The third-order valence-corrected chi connectivity index (χ3v) is 8.60. The molecule has 0 bridgehead atoms. The third kappa shape index (κ3) is 6.70. The molecule has 37 heavy (non-hydrogen) atoms. The van der Waals surface area contributed by atoms with Crippen molar-refractivity contribution in [2.45, 2.75) is 102 Å². The molecule has 2 N–H and O–H groups in total. The summed E-state index contributed by atoms with van der Waals surface area (Å²) in [4.78, 5) is 23.9. The summed E-state index contributed by atoms with van der Waals surface area (Å²) >= 11 is 1.49. The van der Waals surface area contributed by atoms with Gasteiger partial charge in [0.1, 0.15) is 5.60 Å². The molecule has 3 aliphatic rings. The minimum Gasteiger partial charge on any atom is -0.384 e. The van der Waals surface area contributed by atoms with Gasteiger partial charge in [0.2, 0.25) is 5.91 Å². The van der Waals surface area contributed by atoms with Crippen LogP contribution in [0.25, 0.3) is 0 Å². The fourth-order valence-corrected chi connectivity index (χ4v) is 6.45. The van der Waals surface area contributed by atoms with Gasteiger partial charge in [-0.05, 0) is 56.6 Å². The van der Waals surface area contributed by atoms with Crippen LogP contribution < -0.4 is 5.32 Å². The summed E-state index contributed by atoms with van der Waals surface area (Å²) < 4.78 is 39.2. The van der Waals surface area contributed by atoms with Crippen LogP contribution in [0.15, 0.2) is 24.0 Å². The van der Waals surface area contributed by atoms with E-state index in [0.29, 0.717) is 43.1 Å². The van der Waals surface area contributed by atoms with Crippen molar-refractivity contribution in [1.82, 2.24) is 20.2 Å². The average molecular weight is 539 g/mol. The Morgan fingerprint density at radius 3 is 2.57 bits per heavy atom. The molecule has 3 heterocycles. The molecular formula is C27H37F3N4O2S. The number of alkyl halides is 3. The van der Waals surface area contributed by atoms with E-state index in [0.717, 1.165) is 49.2 Å². The monoisotopic (exact) mass is 538 g/mol. The maximum absolute atomic E-state index is 13.2. The summed E-state index contributed by atoms with van der Waals surface area (Å²) in [6.45, 7) is 4.94. The van der Waals surface area contributed by atoms with Crippen LogP contribution in [0.4, 0.5) is 13.2 Å². The summed E-state index contributed by atoms with van der Waals surface area (Å²) in [6.07, 6.45) is 5.53. The highest BCUT2D eigenvalue weighted by Gasteiger charge is 2.39. The van der Waals surface area contributed by atoms with E-state index >= 15 is 0 Å². The van der Waals surface area contributed by atoms with Crippen LogP contribution in [0.3, 0.4) is 0 Å². The first-order valence-corrected chi connectivity index (χ1v) is 14.2. The van der Waals surface area contributed by atoms with Gasteiger partial charge in [-0.1, -0.05) is 20.3 Å². The molecule has 0 aromatic carbocycles. The van der Waals surface area contributed by atoms with Gasteiger partial charge in [-0.2, -0.15) is 13.2 Å². The van der Waals surface area contributed by atoms with Gasteiger partial charge in [-0.3, -0.25) is 14.8 Å². The van der Waals surface area contributed by atoms with Gasteiger partial charge in [0.25, 0.3) is 0 Å². The molecule has 2 aromatic heterocycles. The molecule has 10 heteroatoms. The molecule has 2 atom stereocenters. The number of pyridine rings is 1. The van der Waals surface area contributed by atoms with Crippen molar-refractivity contribution in [2.24, 2.45) is 5.92 Å². The van der Waals surface area contributed by atoms with Crippen molar-refractivity contribution < 1.29 is 23.1 Å². The number of rotatable bonds is 4. The number of amides is 1. The minimum absolute atomic E-state index is 0.0376. The van der Waals surface area contributed by atoms with Crippen molar-refractivity contribution in [2.75, 3.05) is 6.54 Å². The Labute approximate surface area is 220 Å². The summed E-state index contributed by atoms with van der Waals surface area (Å²) in [5, 5.41) is 14.6. The van der Waals surface area contributed by atoms with Gasteiger partial charge >= 0.3 is 6.18 Å². The van der Waals surface area contributed by atoms with E-state index in [1.807, 2.05) is 0 Å². The Bertz CT molecular complexity index is 1040. The molecular weight excluding hydrogens is 501 g/mol. The Morgan fingerprint density at radius 1 is 1.19 bits per heavy atom. The highest BCUT2D eigenvalue weighted by molar-refractivity contribution is 7.09. The number of carbonyl (C=O) groups excluding carboxylic acids is 1. The predicted octanol–water partition coefficient (Wildman–Crippen LogP) is 5.45. The molecule has 2 fully saturated rings. The number of nitrogens with one attached hydrogen (secondary N) is 1. The number of halogens is 3. The summed E-state index contributed by atoms with van der Waals surface area (Å²) in [5.41, 5.74) is 1.36. The standard InChI is InChI=1S/C24H29F3N4O2S.C3H8/c25-24(26,27)17-9-16-13-31(8-5-20(16)29-11-17)22(32)15-1-2-19(10-15)30-18-3-6-23(33,7-4-18)21-12-28-14-34-21;1-3-2/h9,11-12,14-15,18-19,30,33H,1-8,10,13H2;3H2,1-2H3/t15-,18?,19+,23?;/m0./s1. The number of hydrogen-bond donors (Lipinski definition) is 2. The van der Waals surface area contributed by atoms with Crippen molar-refractivity contribution in [3.8, 4) is 0 Å². The van der Waals surface area contributed by atoms with Gasteiger partial charge in [-0.15, -0.1) is 11.3 Å². The number of hydrogen-bond acceptors (Lipinski definition) is 6. The van der Waals surface area contributed by atoms with Gasteiger partial charge in [0.05, 0.1) is 16.0 Å². The Kier molecular flexibility index (Phi) is 8.91. The van der Waals surface area contributed by atoms with Crippen molar-refractivity contribution >= 4 is 17.2 Å². The topological polar surface area (TPSA) is 78.3 Å². The number of nitrogens with zero attached hydrogens (tertiary/aromatic N) is 3. The molecule has 0 saturated heterocycles. The lowest BCUT2D eigenvalue weighted by atomic mass is 9.81. The zero-order chi connectivity index (χ0) is 26.6. The minimum atomic E-state index is -4.44. The van der Waals surface area contributed by atoms with Crippen molar-refractivity contribution in [3.63, 3.8) is 0 Å². The number of carbonyl (C=O) groups is 1. The van der Waals surface area contributed by atoms with Crippen LogP contribution in [0.1, 0.15) is 86.9 Å². The molecule has 5 rings (SSSR count). The Balaban J connectivity index is 0.00000102. The molecule has 2 saturated carbocycles. The van der Waals surface area contributed by atoms with Crippen molar-refractivity contribution in [3.05, 3.63) is 45.7 Å². The zero-order valence-electron chi connectivity index (χ0n) is 21.6. The largest absolute Gasteiger partial charge is 0.417 e. The lowest BCUT2D eigenvalue weighted by molar-refractivity contribution is -0.138. The lowest BCUT2D eigenvalue weighted by Crippen LogP contribution is -2.44. The summed E-state index contributed by atoms with van der Waals surface area (Å²) in [7, 11) is 0. The van der Waals surface area contributed by atoms with Crippen LogP contribution in [0.2, 0.25) is 0 Å². The van der Waals surface area contributed by atoms with E-state index in [9.17, 15) is 23.1 Å². The lowest BCUT2D eigenvalue weighted by Gasteiger charge is -2.36. The number of thiazole rings is 1. The molecule has 0 radical (unpaired) electrons. The first-order chi connectivity index (χ1) is 17.6. The fraction of sp³-hybridized carbons (Fsp3) is 0.667. The Hall–Kier alpha value is -2.04. The summed E-state index contributed by atoms with van der Waals surface area (Å²) in [5.74, 6) is -0.0638. The zero-order valence-corrected chi connectivity index (χ0v) is 22.4. The second-order valence-electron chi connectivity index (χ2n) is 10.6. The van der Waals surface area contributed by atoms with Gasteiger partial charge in [0.15, 0.2) is 0 Å². The highest BCUT2D eigenvalue weighted by atomic mass is 32.1. The molecule has 2 aliphatic carbocycles. The second kappa shape index (κ2) is 11.8. The van der Waals surface area contributed by atoms with E-state index in [-0.39, 0.29) is 24.4 Å². The molecule has 0 spiro atoms. The quantitative estimate of drug-likeness (QED) is 0.542. The number of aliphatic hydroxyl groups is 1. The molecule has 1 amide bonds. The molecule has 6 nitrogen and oxygen atoms in total. The number of aromatic nitrogens is 2. The van der Waals surface area contributed by atoms with Crippen LogP contribution >= 0.6 is 11.3 Å². The maximum atomic E-state index is 13.2. The number of fused-ring (bicyclic) bond motifs is 1. The molecule has 0 unspecified atom stereocenters. The highest BCUT2D eigenvalue weighted by Crippen LogP contribution is 2.39. The summed E-state index contributed by atoms with van der Waals surface area (Å²) in [6, 6.07) is 1.71. The van der Waals surface area contributed by atoms with Crippen LogP contribution in [-0.4, -0.2) is 44.5 Å². The van der Waals surface area contributed by atoms with Gasteiger partial charge < -0.3 is 15.3 Å². The van der Waals surface area contributed by atoms with E-state index in [1.54, 1.807) is 16.6 Å². The second-order valence-corrected chi connectivity index (χ2v) is 11.5. The molecule has 2 aromatic rings. The van der Waals surface area contributed by atoms with E-state index < -0.39 is 17.3 Å². The van der Waals surface area contributed by atoms with E-state index in [4.69, 9.17) is 0 Å². The first kappa shape index (κ1) is 28.0. The first-order valence-electron chi connectivity index (χ1n) is 13.3. The van der Waals surface area contributed by atoms with Crippen LogP contribution in [-0.2, 0) is 29.5 Å². The third-order valence-electron chi connectivity index (χ3n) is 7.64. The van der Waals surface area contributed by atoms with E-state index in [1.165, 1.54) is 17.8 Å². The maximum Gasteiger partial charge on any atom is 0.417 e. The predicted molar refractivity (Wildman–Crippen MR) is 137 cm³/mol. The SMILES string of the molecule is CCC.O=C([C@H]1CC[C@@H](NC2CCC(O)(c3cncs3)CC2)C1)N1CCc2ncc(C(F)(F)F)cc2C1. The van der Waals surface area contributed by atoms with E-state index in [2.05, 4.69) is 29.1 Å². The van der Waals surface area contributed by atoms with Gasteiger partial charge in [0, 0.05) is 55.6 Å². The van der Waals surface area contributed by atoms with Crippen LogP contribution in [0, 0.1) is 5.92 Å². The molecule has 204 valence electrons. The smallest absolute Gasteiger partial charge is 0.384 e. The molecule has 1 aliphatic heterocycles. The Morgan fingerprint density at radius 2 is 1.92 bits per heavy atom. The van der Waals surface area contributed by atoms with Crippen molar-refractivity contribution in [1.29, 1.82) is 0 Å². The van der Waals surface area contributed by atoms with Gasteiger partial charge in [-0.25, -0.2) is 0 Å². The average Bonchev–Trinajstić information content (AvgIpc) is 3.58. The normalized spacial score (nSPS) is 27.8. The fourth-order valence-electron chi connectivity index (χ4n) is 5.67.